The van der Waals surface area contributed by atoms with Crippen LogP contribution in [0, 0.1) is 18.3 Å². The third-order valence-corrected chi connectivity index (χ3v) is 5.12. The molecule has 0 aromatic rings. The van der Waals surface area contributed by atoms with Crippen LogP contribution >= 0.6 is 0 Å². The van der Waals surface area contributed by atoms with Gasteiger partial charge in [-0.15, -0.1) is 6.42 Å². The minimum atomic E-state index is -3.41. The van der Waals surface area contributed by atoms with Gasteiger partial charge in [-0.25, -0.2) is 0 Å². The van der Waals surface area contributed by atoms with E-state index >= 15 is 0 Å². The van der Waals surface area contributed by atoms with Gasteiger partial charge in [0.05, 0.1) is 6.54 Å². The topological polar surface area (TPSA) is 52.7 Å². The molecule has 1 rings (SSSR count). The van der Waals surface area contributed by atoms with Crippen molar-refractivity contribution in [3.63, 3.8) is 0 Å². The second kappa shape index (κ2) is 7.85. The lowest BCUT2D eigenvalue weighted by Crippen LogP contribution is -2.43. The molecule has 1 fully saturated rings. The summed E-state index contributed by atoms with van der Waals surface area (Å²) in [5.74, 6) is 2.94. The Morgan fingerprint density at radius 2 is 2.11 bits per heavy atom. The fourth-order valence-corrected chi connectivity index (χ4v) is 3.24. The molecule has 19 heavy (non-hydrogen) atoms. The summed E-state index contributed by atoms with van der Waals surface area (Å²) >= 11 is 0. The molecule has 110 valence electrons. The van der Waals surface area contributed by atoms with Gasteiger partial charge < -0.3 is 5.32 Å². The highest BCUT2D eigenvalue weighted by Gasteiger charge is 2.32. The van der Waals surface area contributed by atoms with E-state index in [1.54, 1.807) is 7.05 Å². The predicted molar refractivity (Wildman–Crippen MR) is 77.8 cm³/mol. The lowest BCUT2D eigenvalue weighted by atomic mass is 10.4. The van der Waals surface area contributed by atoms with Crippen molar-refractivity contribution in [1.82, 2.24) is 13.9 Å². The molecule has 0 saturated heterocycles. The van der Waals surface area contributed by atoms with E-state index in [-0.39, 0.29) is 6.54 Å². The van der Waals surface area contributed by atoms with Crippen LogP contribution in [0.1, 0.15) is 26.2 Å². The first-order chi connectivity index (χ1) is 9.02. The van der Waals surface area contributed by atoms with Crippen LogP contribution in [0.25, 0.3) is 0 Å². The van der Waals surface area contributed by atoms with E-state index in [9.17, 15) is 8.42 Å². The van der Waals surface area contributed by atoms with Crippen LogP contribution in [-0.2, 0) is 10.2 Å². The van der Waals surface area contributed by atoms with Gasteiger partial charge in [0.25, 0.3) is 10.2 Å². The molecule has 1 aliphatic carbocycles. The Hall–Kier alpha value is -0.610. The van der Waals surface area contributed by atoms with E-state index in [0.29, 0.717) is 19.0 Å². The molecule has 0 atom stereocenters. The van der Waals surface area contributed by atoms with Crippen LogP contribution < -0.4 is 5.32 Å². The van der Waals surface area contributed by atoms with Gasteiger partial charge in [0.15, 0.2) is 0 Å². The molecule has 0 heterocycles. The standard InChI is InChI=1S/C13H25N3O2S/c1-4-10-16(12-13-7-8-13)19(17,18)15(3)11-6-9-14-5-2/h1,13-14H,5-12H2,2-3H3. The van der Waals surface area contributed by atoms with Crippen molar-refractivity contribution in [3.05, 3.63) is 0 Å². The summed E-state index contributed by atoms with van der Waals surface area (Å²) in [7, 11) is -1.79. The number of nitrogens with zero attached hydrogens (tertiary/aromatic N) is 2. The Labute approximate surface area is 117 Å². The zero-order valence-electron chi connectivity index (χ0n) is 11.9. The smallest absolute Gasteiger partial charge is 0.282 e. The van der Waals surface area contributed by atoms with Crippen LogP contribution in [0.4, 0.5) is 0 Å². The average Bonchev–Trinajstić information content (AvgIpc) is 3.17. The van der Waals surface area contributed by atoms with Crippen LogP contribution in [0.15, 0.2) is 0 Å². The summed E-state index contributed by atoms with van der Waals surface area (Å²) in [6.45, 7) is 5.00. The van der Waals surface area contributed by atoms with Gasteiger partial charge >= 0.3 is 0 Å². The Bertz CT molecular complexity index is 399. The molecule has 0 spiro atoms. The highest BCUT2D eigenvalue weighted by atomic mass is 32.2. The van der Waals surface area contributed by atoms with E-state index in [1.165, 1.54) is 8.61 Å². The van der Waals surface area contributed by atoms with Crippen LogP contribution in [0.2, 0.25) is 0 Å². The van der Waals surface area contributed by atoms with Crippen molar-refractivity contribution < 1.29 is 8.42 Å². The minimum absolute atomic E-state index is 0.163. The molecule has 0 aliphatic heterocycles. The quantitative estimate of drug-likeness (QED) is 0.470. The van der Waals surface area contributed by atoms with Gasteiger partial charge in [-0.1, -0.05) is 12.8 Å². The predicted octanol–water partition coefficient (Wildman–Crippen LogP) is 0.508. The summed E-state index contributed by atoms with van der Waals surface area (Å²) in [5.41, 5.74) is 0. The Morgan fingerprint density at radius 3 is 2.63 bits per heavy atom. The molecule has 5 nitrogen and oxygen atoms in total. The number of terminal acetylenes is 1. The Kier molecular flexibility index (Phi) is 6.80. The van der Waals surface area contributed by atoms with E-state index < -0.39 is 10.2 Å². The van der Waals surface area contributed by atoms with E-state index in [0.717, 1.165) is 32.4 Å². The molecule has 6 heteroatoms. The van der Waals surface area contributed by atoms with Gasteiger partial charge in [0.1, 0.15) is 0 Å². The van der Waals surface area contributed by atoms with Crippen molar-refractivity contribution in [1.29, 1.82) is 0 Å². The fourth-order valence-electron chi connectivity index (χ4n) is 1.85. The molecular weight excluding hydrogens is 262 g/mol. The van der Waals surface area contributed by atoms with Gasteiger partial charge in [0.2, 0.25) is 0 Å². The van der Waals surface area contributed by atoms with Gasteiger partial charge in [-0.2, -0.15) is 17.0 Å². The fraction of sp³-hybridized carbons (Fsp3) is 0.846. The van der Waals surface area contributed by atoms with Crippen molar-refractivity contribution in [2.75, 3.05) is 39.8 Å². The maximum absolute atomic E-state index is 12.4. The first kappa shape index (κ1) is 16.4. The zero-order chi connectivity index (χ0) is 14.3. The van der Waals surface area contributed by atoms with Crippen LogP contribution in [-0.4, -0.2) is 56.8 Å². The van der Waals surface area contributed by atoms with Crippen LogP contribution in [0.3, 0.4) is 0 Å². The summed E-state index contributed by atoms with van der Waals surface area (Å²) in [6.07, 6.45) is 8.30. The first-order valence-corrected chi connectivity index (χ1v) is 8.27. The first-order valence-electron chi connectivity index (χ1n) is 6.88. The van der Waals surface area contributed by atoms with E-state index in [4.69, 9.17) is 6.42 Å². The molecule has 0 unspecified atom stereocenters. The van der Waals surface area contributed by atoms with Gasteiger partial charge in [-0.3, -0.25) is 0 Å². The van der Waals surface area contributed by atoms with Crippen molar-refractivity contribution in [2.24, 2.45) is 5.92 Å². The van der Waals surface area contributed by atoms with Gasteiger partial charge in [0, 0.05) is 20.1 Å². The monoisotopic (exact) mass is 287 g/mol. The Morgan fingerprint density at radius 1 is 1.42 bits per heavy atom. The molecule has 0 aromatic heterocycles. The van der Waals surface area contributed by atoms with Crippen molar-refractivity contribution in [3.8, 4) is 12.3 Å². The summed E-state index contributed by atoms with van der Waals surface area (Å²) in [4.78, 5) is 0. The maximum atomic E-state index is 12.4. The lowest BCUT2D eigenvalue weighted by molar-refractivity contribution is 0.367. The summed E-state index contributed by atoms with van der Waals surface area (Å²) in [6, 6.07) is 0. The van der Waals surface area contributed by atoms with Crippen molar-refractivity contribution >= 4 is 10.2 Å². The van der Waals surface area contributed by atoms with E-state index in [1.807, 2.05) is 6.92 Å². The normalized spacial score (nSPS) is 15.9. The second-order valence-electron chi connectivity index (χ2n) is 4.98. The largest absolute Gasteiger partial charge is 0.317 e. The van der Waals surface area contributed by atoms with Crippen LogP contribution in [0.5, 0.6) is 0 Å². The average molecular weight is 287 g/mol. The molecule has 1 saturated carbocycles. The van der Waals surface area contributed by atoms with Crippen molar-refractivity contribution in [2.45, 2.75) is 26.2 Å². The number of hydrogen-bond acceptors (Lipinski definition) is 3. The number of nitrogens with one attached hydrogen (secondary N) is 1. The minimum Gasteiger partial charge on any atom is -0.317 e. The SMILES string of the molecule is C#CCN(CC1CC1)S(=O)(=O)N(C)CCCNCC. The zero-order valence-corrected chi connectivity index (χ0v) is 12.7. The second-order valence-corrected chi connectivity index (χ2v) is 7.01. The maximum Gasteiger partial charge on any atom is 0.282 e. The molecular formula is C13H25N3O2S. The molecule has 0 amide bonds. The highest BCUT2D eigenvalue weighted by molar-refractivity contribution is 7.86. The number of rotatable bonds is 10. The number of hydrogen-bond donors (Lipinski definition) is 1. The summed E-state index contributed by atoms with van der Waals surface area (Å²) in [5, 5.41) is 3.18. The van der Waals surface area contributed by atoms with Gasteiger partial charge in [-0.05, 0) is 38.3 Å². The molecule has 0 bridgehead atoms. The molecule has 0 aromatic carbocycles. The highest BCUT2D eigenvalue weighted by Crippen LogP contribution is 2.30. The molecule has 0 radical (unpaired) electrons. The third kappa shape index (κ3) is 5.49. The Balaban J connectivity index is 2.51. The molecule has 1 aliphatic rings. The summed E-state index contributed by atoms with van der Waals surface area (Å²) < 4.78 is 27.6. The lowest BCUT2D eigenvalue weighted by Gasteiger charge is -2.26. The van der Waals surface area contributed by atoms with E-state index in [2.05, 4.69) is 11.2 Å². The third-order valence-electron chi connectivity index (χ3n) is 3.22. The molecule has 1 N–H and O–H groups in total.